The summed E-state index contributed by atoms with van der Waals surface area (Å²) in [7, 11) is 0. The second-order valence-electron chi connectivity index (χ2n) is 11.1. The number of fused-ring (bicyclic) bond motifs is 1. The lowest BCUT2D eigenvalue weighted by Crippen LogP contribution is -2.50. The molecule has 2 fully saturated rings. The van der Waals surface area contributed by atoms with Gasteiger partial charge in [-0.2, -0.15) is 4.39 Å². The Morgan fingerprint density at radius 3 is 2.55 bits per heavy atom. The van der Waals surface area contributed by atoms with Crippen LogP contribution >= 0.6 is 0 Å². The number of morpholine rings is 1. The number of hydrogen-bond donors (Lipinski definition) is 0. The lowest BCUT2D eigenvalue weighted by Gasteiger charge is -2.40. The Hall–Kier alpha value is -3.53. The van der Waals surface area contributed by atoms with Gasteiger partial charge in [-0.05, 0) is 63.9 Å². The molecule has 2 aromatic heterocycles. The Kier molecular flexibility index (Phi) is 6.63. The third-order valence-electron chi connectivity index (χ3n) is 7.02. The van der Waals surface area contributed by atoms with Crippen molar-refractivity contribution in [3.8, 4) is 11.1 Å². The molecule has 4 heterocycles. The van der Waals surface area contributed by atoms with E-state index in [4.69, 9.17) is 9.47 Å². The molecule has 2 aliphatic heterocycles. The minimum absolute atomic E-state index is 0.0191. The van der Waals surface area contributed by atoms with Gasteiger partial charge in [-0.3, -0.25) is 4.79 Å². The number of aromatic nitrogens is 2. The summed E-state index contributed by atoms with van der Waals surface area (Å²) in [5.74, 6) is -1.14. The van der Waals surface area contributed by atoms with Crippen molar-refractivity contribution < 1.29 is 27.8 Å². The molecule has 0 aliphatic carbocycles. The van der Waals surface area contributed by atoms with E-state index in [-0.39, 0.29) is 35.0 Å². The van der Waals surface area contributed by atoms with Crippen molar-refractivity contribution in [3.63, 3.8) is 0 Å². The molecule has 2 amide bonds. The van der Waals surface area contributed by atoms with Crippen molar-refractivity contribution in [1.82, 2.24) is 19.2 Å². The maximum Gasteiger partial charge on any atom is 0.410 e. The molecule has 2 aliphatic rings. The normalized spacial score (nSPS) is 18.6. The van der Waals surface area contributed by atoms with Crippen molar-refractivity contribution in [1.29, 1.82) is 0 Å². The molecule has 0 spiro atoms. The zero-order valence-electron chi connectivity index (χ0n) is 22.3. The van der Waals surface area contributed by atoms with E-state index in [1.807, 2.05) is 40.0 Å². The van der Waals surface area contributed by atoms with Gasteiger partial charge in [0, 0.05) is 37.3 Å². The fourth-order valence-corrected chi connectivity index (χ4v) is 5.04. The highest BCUT2D eigenvalue weighted by atomic mass is 19.1. The largest absolute Gasteiger partial charge is 0.444 e. The van der Waals surface area contributed by atoms with Crippen molar-refractivity contribution in [2.24, 2.45) is 0 Å². The summed E-state index contributed by atoms with van der Waals surface area (Å²) >= 11 is 0. The van der Waals surface area contributed by atoms with Crippen molar-refractivity contribution >= 4 is 17.5 Å². The van der Waals surface area contributed by atoms with E-state index in [1.165, 1.54) is 18.2 Å². The fraction of sp³-hybridized carbons (Fsp3) is 0.464. The Bertz CT molecular complexity index is 1410. The molecule has 10 heteroatoms. The van der Waals surface area contributed by atoms with Crippen molar-refractivity contribution in [2.45, 2.75) is 52.2 Å². The quantitative estimate of drug-likeness (QED) is 0.491. The third-order valence-corrected chi connectivity index (χ3v) is 7.02. The minimum Gasteiger partial charge on any atom is -0.444 e. The van der Waals surface area contributed by atoms with Crippen molar-refractivity contribution in [2.75, 3.05) is 32.8 Å². The molecule has 0 saturated carbocycles. The molecule has 202 valence electrons. The van der Waals surface area contributed by atoms with E-state index in [9.17, 15) is 14.0 Å². The van der Waals surface area contributed by atoms with Crippen LogP contribution in [0.25, 0.3) is 16.6 Å². The average Bonchev–Trinajstić information content (AvgIpc) is 3.09. The van der Waals surface area contributed by atoms with Crippen LogP contribution in [-0.2, 0) is 9.47 Å². The number of amides is 2. The molecule has 1 atom stereocenters. The highest BCUT2D eigenvalue weighted by molar-refractivity contribution is 6.03. The number of hydrogen-bond acceptors (Lipinski definition) is 5. The van der Waals surface area contributed by atoms with E-state index in [2.05, 4.69) is 4.98 Å². The first-order valence-electron chi connectivity index (χ1n) is 12.8. The maximum absolute atomic E-state index is 15.1. The predicted octanol–water partition coefficient (Wildman–Crippen LogP) is 4.78. The Balaban J connectivity index is 1.56. The van der Waals surface area contributed by atoms with Gasteiger partial charge in [0.15, 0.2) is 0 Å². The highest BCUT2D eigenvalue weighted by Crippen LogP contribution is 2.37. The number of nitrogens with zero attached hydrogens (tertiary/aromatic N) is 4. The topological polar surface area (TPSA) is 76.4 Å². The third kappa shape index (κ3) is 4.84. The van der Waals surface area contributed by atoms with Gasteiger partial charge in [0.05, 0.1) is 24.8 Å². The van der Waals surface area contributed by atoms with E-state index >= 15 is 4.39 Å². The summed E-state index contributed by atoms with van der Waals surface area (Å²) in [6, 6.07) is 5.64. The summed E-state index contributed by atoms with van der Waals surface area (Å²) in [5, 5.41) is 0. The molecule has 3 aromatic rings. The van der Waals surface area contributed by atoms with Crippen LogP contribution in [0.2, 0.25) is 0 Å². The molecule has 0 unspecified atom stereocenters. The number of likely N-dealkylation sites (tertiary alicyclic amines) is 1. The maximum atomic E-state index is 15.1. The summed E-state index contributed by atoms with van der Waals surface area (Å²) in [5.41, 5.74) is 1.49. The molecular weight excluding hydrogens is 494 g/mol. The summed E-state index contributed by atoms with van der Waals surface area (Å²) in [4.78, 5) is 33.4. The summed E-state index contributed by atoms with van der Waals surface area (Å²) in [6.07, 6.45) is 1.43. The predicted molar refractivity (Wildman–Crippen MR) is 137 cm³/mol. The van der Waals surface area contributed by atoms with Gasteiger partial charge in [-0.15, -0.1) is 0 Å². The first kappa shape index (κ1) is 26.1. The summed E-state index contributed by atoms with van der Waals surface area (Å²) in [6.45, 7) is 11.1. The monoisotopic (exact) mass is 526 g/mol. The van der Waals surface area contributed by atoms with Crippen molar-refractivity contribution in [3.05, 3.63) is 59.2 Å². The number of ether oxygens (including phenoxy) is 2. The van der Waals surface area contributed by atoms with Gasteiger partial charge in [-0.25, -0.2) is 14.2 Å². The molecule has 0 N–H and O–H groups in total. The van der Waals surface area contributed by atoms with Crippen LogP contribution in [0.3, 0.4) is 0 Å². The van der Waals surface area contributed by atoms with Gasteiger partial charge >= 0.3 is 6.09 Å². The smallest absolute Gasteiger partial charge is 0.410 e. The molecule has 0 radical (unpaired) electrons. The molecule has 0 bridgehead atoms. The molecular formula is C28H32F2N4O4. The minimum atomic E-state index is -0.671. The Morgan fingerprint density at radius 2 is 1.87 bits per heavy atom. The number of pyridine rings is 1. The van der Waals surface area contributed by atoms with E-state index in [0.29, 0.717) is 49.8 Å². The van der Waals surface area contributed by atoms with Crippen LogP contribution in [0.5, 0.6) is 0 Å². The zero-order chi connectivity index (χ0) is 27.4. The number of imidazole rings is 1. The molecule has 2 saturated heterocycles. The van der Waals surface area contributed by atoms with E-state index < -0.39 is 17.4 Å². The number of carbonyl (C=O) groups excluding carboxylic acids is 2. The number of aryl methyl sites for hydroxylation is 1. The average molecular weight is 527 g/mol. The molecule has 5 rings (SSSR count). The molecule has 8 nitrogen and oxygen atoms in total. The first-order chi connectivity index (χ1) is 17.9. The number of halogens is 2. The molecule has 1 aromatic carbocycles. The Morgan fingerprint density at radius 1 is 1.13 bits per heavy atom. The number of rotatable bonds is 3. The van der Waals surface area contributed by atoms with E-state index in [1.54, 1.807) is 21.1 Å². The SMILES string of the molecule is Cc1nc(F)c2c(-c3ccc(F)cc3C(=O)N3CCOC[C@H]3C)cc(C3CN(C(=O)OC(C)(C)C)C3)cn12. The molecule has 38 heavy (non-hydrogen) atoms. The van der Waals surface area contributed by atoms with Crippen LogP contribution in [0, 0.1) is 18.7 Å². The highest BCUT2D eigenvalue weighted by Gasteiger charge is 2.36. The number of carbonyl (C=O) groups is 2. The Labute approximate surface area is 220 Å². The van der Waals surface area contributed by atoms with Gasteiger partial charge in [0.25, 0.3) is 5.91 Å². The van der Waals surface area contributed by atoms with Gasteiger partial charge in [0.1, 0.15) is 22.8 Å². The van der Waals surface area contributed by atoms with Crippen LogP contribution in [0.15, 0.2) is 30.5 Å². The van der Waals surface area contributed by atoms with Crippen LogP contribution in [0.4, 0.5) is 13.6 Å². The van der Waals surface area contributed by atoms with Crippen LogP contribution in [0.1, 0.15) is 55.4 Å². The second-order valence-corrected chi connectivity index (χ2v) is 11.1. The van der Waals surface area contributed by atoms with Crippen LogP contribution < -0.4 is 0 Å². The standard InChI is InChI=1S/C28H32F2N4O4/c1-16-15-37-9-8-33(16)26(35)23-11-20(29)6-7-21(23)22-10-18(14-34-17(2)31-25(30)24(22)34)19-12-32(13-19)27(36)38-28(3,4)5/h6-7,10-11,14,16,19H,8-9,12-13,15H2,1-5H3/t16-/m1/s1. The zero-order valence-corrected chi connectivity index (χ0v) is 22.3. The van der Waals surface area contributed by atoms with Crippen LogP contribution in [-0.4, -0.2) is 75.7 Å². The van der Waals surface area contributed by atoms with E-state index in [0.717, 1.165) is 5.56 Å². The number of benzene rings is 1. The fourth-order valence-electron chi connectivity index (χ4n) is 5.04. The second kappa shape index (κ2) is 9.65. The first-order valence-corrected chi connectivity index (χ1v) is 12.8. The lowest BCUT2D eigenvalue weighted by atomic mass is 9.89. The van der Waals surface area contributed by atoms with Gasteiger partial charge in [0.2, 0.25) is 5.95 Å². The van der Waals surface area contributed by atoms with Gasteiger partial charge in [-0.1, -0.05) is 6.07 Å². The summed E-state index contributed by atoms with van der Waals surface area (Å²) < 4.78 is 42.2. The lowest BCUT2D eigenvalue weighted by molar-refractivity contribution is 0.00358. The van der Waals surface area contributed by atoms with Gasteiger partial charge < -0.3 is 23.7 Å².